The van der Waals surface area contributed by atoms with E-state index in [-0.39, 0.29) is 17.6 Å². The highest BCUT2D eigenvalue weighted by Gasteiger charge is 2.33. The number of halogens is 1. The second-order valence-electron chi connectivity index (χ2n) is 4.73. The molecule has 18 heavy (non-hydrogen) atoms. The third-order valence-corrected chi connectivity index (χ3v) is 3.57. The van der Waals surface area contributed by atoms with Gasteiger partial charge < -0.3 is 10.0 Å². The van der Waals surface area contributed by atoms with Crippen LogP contribution in [0.25, 0.3) is 0 Å². The van der Waals surface area contributed by atoms with Gasteiger partial charge in [-0.2, -0.15) is 0 Å². The third-order valence-electron chi connectivity index (χ3n) is 3.57. The summed E-state index contributed by atoms with van der Waals surface area (Å²) in [5.74, 6) is -1.36. The van der Waals surface area contributed by atoms with E-state index in [0.29, 0.717) is 5.82 Å². The number of nitrogens with zero attached hydrogens (tertiary/aromatic N) is 2. The van der Waals surface area contributed by atoms with Gasteiger partial charge in [0.05, 0.1) is 6.20 Å². The Morgan fingerprint density at radius 1 is 1.61 bits per heavy atom. The van der Waals surface area contributed by atoms with Gasteiger partial charge in [-0.1, -0.05) is 6.92 Å². The van der Waals surface area contributed by atoms with Gasteiger partial charge in [0.25, 0.3) is 0 Å². The Balaban J connectivity index is 2.46. The number of hydrogen-bond acceptors (Lipinski definition) is 3. The Labute approximate surface area is 105 Å². The van der Waals surface area contributed by atoms with Gasteiger partial charge >= 0.3 is 5.97 Å². The van der Waals surface area contributed by atoms with Crippen molar-refractivity contribution in [3.05, 3.63) is 23.6 Å². The normalized spacial score (nSPS) is 23.4. The fourth-order valence-electron chi connectivity index (χ4n) is 2.65. The Kier molecular flexibility index (Phi) is 3.50. The maximum Gasteiger partial charge on any atom is 0.339 e. The molecule has 0 amide bonds. The first-order valence-corrected chi connectivity index (χ1v) is 6.21. The van der Waals surface area contributed by atoms with Crippen molar-refractivity contribution in [3.8, 4) is 0 Å². The van der Waals surface area contributed by atoms with Crippen LogP contribution in [0.1, 0.15) is 43.5 Å². The quantitative estimate of drug-likeness (QED) is 0.898. The van der Waals surface area contributed by atoms with Crippen molar-refractivity contribution in [2.24, 2.45) is 0 Å². The first kappa shape index (κ1) is 12.8. The number of aromatic carboxylic acids is 1. The Morgan fingerprint density at radius 2 is 2.33 bits per heavy atom. The smallest absolute Gasteiger partial charge is 0.339 e. The van der Waals surface area contributed by atoms with E-state index < -0.39 is 11.8 Å². The maximum atomic E-state index is 13.1. The van der Waals surface area contributed by atoms with Gasteiger partial charge in [-0.3, -0.25) is 0 Å². The van der Waals surface area contributed by atoms with Crippen molar-refractivity contribution in [2.45, 2.75) is 45.2 Å². The summed E-state index contributed by atoms with van der Waals surface area (Å²) in [6, 6.07) is 1.57. The van der Waals surface area contributed by atoms with E-state index in [1.165, 1.54) is 0 Å². The Bertz CT molecular complexity index is 464. The highest BCUT2D eigenvalue weighted by Crippen LogP contribution is 2.32. The standard InChI is InChI=1S/C13H17FN2O2/c1-3-10-5-4-8(2)16(10)12-11(13(17)18)6-9(14)7-15-12/h6-8,10H,3-5H2,1-2H3,(H,17,18). The number of anilines is 1. The van der Waals surface area contributed by atoms with Crippen LogP contribution in [0.4, 0.5) is 10.2 Å². The minimum atomic E-state index is -1.13. The summed E-state index contributed by atoms with van der Waals surface area (Å²) in [7, 11) is 0. The zero-order valence-corrected chi connectivity index (χ0v) is 10.6. The van der Waals surface area contributed by atoms with Crippen LogP contribution in [-0.4, -0.2) is 28.1 Å². The molecule has 0 aromatic carbocycles. The van der Waals surface area contributed by atoms with Crippen LogP contribution in [0, 0.1) is 5.82 Å². The molecule has 0 spiro atoms. The fraction of sp³-hybridized carbons (Fsp3) is 0.538. The summed E-state index contributed by atoms with van der Waals surface area (Å²) in [4.78, 5) is 17.2. The van der Waals surface area contributed by atoms with Crippen LogP contribution >= 0.6 is 0 Å². The van der Waals surface area contributed by atoms with Gasteiger partial charge in [0.2, 0.25) is 0 Å². The molecule has 4 nitrogen and oxygen atoms in total. The Hall–Kier alpha value is -1.65. The molecule has 2 rings (SSSR count). The zero-order chi connectivity index (χ0) is 13.3. The van der Waals surface area contributed by atoms with Crippen LogP contribution in [0.5, 0.6) is 0 Å². The second kappa shape index (κ2) is 4.92. The predicted molar refractivity (Wildman–Crippen MR) is 66.4 cm³/mol. The van der Waals surface area contributed by atoms with E-state index in [2.05, 4.69) is 11.9 Å². The SMILES string of the molecule is CCC1CCC(C)N1c1ncc(F)cc1C(=O)O. The number of aromatic nitrogens is 1. The molecule has 1 saturated heterocycles. The van der Waals surface area contributed by atoms with Crippen molar-refractivity contribution >= 4 is 11.8 Å². The first-order valence-electron chi connectivity index (χ1n) is 6.21. The number of carboxylic acid groups (broad SMARTS) is 1. The minimum absolute atomic E-state index is 0.0535. The highest BCUT2D eigenvalue weighted by atomic mass is 19.1. The molecule has 2 unspecified atom stereocenters. The topological polar surface area (TPSA) is 53.4 Å². The summed E-state index contributed by atoms with van der Waals surface area (Å²) in [6.45, 7) is 4.12. The molecule has 1 aromatic heterocycles. The lowest BCUT2D eigenvalue weighted by molar-refractivity contribution is 0.0696. The molecule has 5 heteroatoms. The summed E-state index contributed by atoms with van der Waals surface area (Å²) in [6.07, 6.45) is 4.05. The largest absolute Gasteiger partial charge is 0.478 e. The van der Waals surface area contributed by atoms with Crippen molar-refractivity contribution in [1.82, 2.24) is 4.98 Å². The van der Waals surface area contributed by atoms with Crippen LogP contribution in [-0.2, 0) is 0 Å². The average Bonchev–Trinajstić information content (AvgIpc) is 2.70. The number of carboxylic acids is 1. The lowest BCUT2D eigenvalue weighted by atomic mass is 10.1. The lowest BCUT2D eigenvalue weighted by Gasteiger charge is -2.30. The number of rotatable bonds is 3. The monoisotopic (exact) mass is 252 g/mol. The molecule has 0 bridgehead atoms. The van der Waals surface area contributed by atoms with Crippen molar-refractivity contribution in [1.29, 1.82) is 0 Å². The molecule has 1 aliphatic heterocycles. The number of carbonyl (C=O) groups is 1. The van der Waals surface area contributed by atoms with Gasteiger partial charge in [-0.05, 0) is 32.3 Å². The minimum Gasteiger partial charge on any atom is -0.478 e. The van der Waals surface area contributed by atoms with E-state index in [1.807, 2.05) is 11.8 Å². The molecular weight excluding hydrogens is 235 g/mol. The van der Waals surface area contributed by atoms with E-state index in [1.54, 1.807) is 0 Å². The third kappa shape index (κ3) is 2.17. The van der Waals surface area contributed by atoms with Crippen molar-refractivity contribution in [3.63, 3.8) is 0 Å². The number of pyridine rings is 1. The average molecular weight is 252 g/mol. The summed E-state index contributed by atoms with van der Waals surface area (Å²) < 4.78 is 13.1. The molecule has 2 atom stereocenters. The van der Waals surface area contributed by atoms with Crippen LogP contribution in [0.15, 0.2) is 12.3 Å². The Morgan fingerprint density at radius 3 is 2.94 bits per heavy atom. The molecule has 1 fully saturated rings. The number of hydrogen-bond donors (Lipinski definition) is 1. The molecular formula is C13H17FN2O2. The lowest BCUT2D eigenvalue weighted by Crippen LogP contribution is -2.36. The van der Waals surface area contributed by atoms with E-state index in [0.717, 1.165) is 31.5 Å². The molecule has 2 heterocycles. The van der Waals surface area contributed by atoms with Crippen LogP contribution in [0.2, 0.25) is 0 Å². The first-order chi connectivity index (χ1) is 8.54. The maximum absolute atomic E-state index is 13.1. The van der Waals surface area contributed by atoms with Gasteiger partial charge in [0, 0.05) is 12.1 Å². The van der Waals surface area contributed by atoms with Gasteiger partial charge in [0.1, 0.15) is 17.2 Å². The summed E-state index contributed by atoms with van der Waals surface area (Å²) in [5.41, 5.74) is -0.0535. The van der Waals surface area contributed by atoms with Gasteiger partial charge in [0.15, 0.2) is 0 Å². The molecule has 0 saturated carbocycles. The molecule has 1 aromatic rings. The summed E-state index contributed by atoms with van der Waals surface area (Å²) in [5, 5.41) is 9.16. The molecule has 98 valence electrons. The summed E-state index contributed by atoms with van der Waals surface area (Å²) >= 11 is 0. The van der Waals surface area contributed by atoms with Crippen LogP contribution in [0.3, 0.4) is 0 Å². The molecule has 0 radical (unpaired) electrons. The van der Waals surface area contributed by atoms with E-state index >= 15 is 0 Å². The van der Waals surface area contributed by atoms with Crippen molar-refractivity contribution < 1.29 is 14.3 Å². The van der Waals surface area contributed by atoms with Gasteiger partial charge in [-0.15, -0.1) is 0 Å². The zero-order valence-electron chi connectivity index (χ0n) is 10.6. The fourth-order valence-corrected chi connectivity index (χ4v) is 2.65. The predicted octanol–water partition coefficient (Wildman–Crippen LogP) is 2.69. The molecule has 1 aliphatic rings. The van der Waals surface area contributed by atoms with Crippen molar-refractivity contribution in [2.75, 3.05) is 4.90 Å². The second-order valence-corrected chi connectivity index (χ2v) is 4.73. The van der Waals surface area contributed by atoms with Crippen LogP contribution < -0.4 is 4.90 Å². The molecule has 0 aliphatic carbocycles. The van der Waals surface area contributed by atoms with Gasteiger partial charge in [-0.25, -0.2) is 14.2 Å². The van der Waals surface area contributed by atoms with E-state index in [4.69, 9.17) is 5.11 Å². The highest BCUT2D eigenvalue weighted by molar-refractivity contribution is 5.93. The van der Waals surface area contributed by atoms with E-state index in [9.17, 15) is 9.18 Å². The molecule has 1 N–H and O–H groups in total.